The number of aliphatic carboxylic acids is 2. The number of hydrogen-bond acceptors (Lipinski definition) is 3. The zero-order valence-corrected chi connectivity index (χ0v) is 7.15. The van der Waals surface area contributed by atoms with Crippen LogP contribution in [0.25, 0.3) is 0 Å². The van der Waals surface area contributed by atoms with Crippen molar-refractivity contribution in [2.75, 3.05) is 0 Å². The second kappa shape index (κ2) is 10.4. The highest BCUT2D eigenvalue weighted by Gasteiger charge is 1.99. The van der Waals surface area contributed by atoms with Crippen molar-refractivity contribution in [2.24, 2.45) is 0 Å². The van der Waals surface area contributed by atoms with E-state index in [0.29, 0.717) is 12.8 Å². The van der Waals surface area contributed by atoms with E-state index in [9.17, 15) is 9.59 Å². The number of carboxylic acid groups (broad SMARTS) is 2. The van der Waals surface area contributed by atoms with Gasteiger partial charge in [0.15, 0.2) is 0 Å². The number of carboxylic acids is 2. The highest BCUT2D eigenvalue weighted by Crippen LogP contribution is 1.98. The smallest absolute Gasteiger partial charge is 0.303 e. The normalized spacial score (nSPS) is 7.69. The lowest BCUT2D eigenvalue weighted by molar-refractivity contribution is -0.139. The third-order valence-electron chi connectivity index (χ3n) is 1.03. The van der Waals surface area contributed by atoms with Gasteiger partial charge in [-0.3, -0.25) is 9.59 Å². The van der Waals surface area contributed by atoms with Gasteiger partial charge in [0.2, 0.25) is 0 Å². The van der Waals surface area contributed by atoms with Crippen molar-refractivity contribution in [2.45, 2.75) is 25.7 Å². The van der Waals surface area contributed by atoms with Crippen LogP contribution in [0.4, 0.5) is 0 Å². The zero-order chi connectivity index (χ0) is 10.7. The lowest BCUT2D eigenvalue weighted by Gasteiger charge is -1.92. The number of unbranched alkanes of at least 4 members (excludes halogenated alkanes) is 1. The zero-order valence-electron chi connectivity index (χ0n) is 7.15. The standard InChI is InChI=1S/C6H10O4.C2H2O/c7-5(8)3-1-2-4-6(9)10;1-2-3/h1-4H2,(H,7,8)(H,9,10);1H2. The molecule has 0 aromatic rings. The molecule has 13 heavy (non-hydrogen) atoms. The number of rotatable bonds is 5. The highest BCUT2D eigenvalue weighted by molar-refractivity contribution is 5.67. The summed E-state index contributed by atoms with van der Waals surface area (Å²) in [5.41, 5.74) is 0. The first-order valence-electron chi connectivity index (χ1n) is 3.62. The Bertz CT molecular complexity index is 175. The van der Waals surface area contributed by atoms with Gasteiger partial charge in [-0.25, -0.2) is 4.79 Å². The first-order valence-corrected chi connectivity index (χ1v) is 3.62. The molecule has 0 fully saturated rings. The Kier molecular flexibility index (Phi) is 11.1. The van der Waals surface area contributed by atoms with Crippen molar-refractivity contribution in [3.63, 3.8) is 0 Å². The molecule has 0 amide bonds. The van der Waals surface area contributed by atoms with Crippen LogP contribution >= 0.6 is 0 Å². The summed E-state index contributed by atoms with van der Waals surface area (Å²) >= 11 is 0. The van der Waals surface area contributed by atoms with E-state index in [-0.39, 0.29) is 12.8 Å². The number of carbonyl (C=O) groups is 2. The van der Waals surface area contributed by atoms with Gasteiger partial charge in [-0.2, -0.15) is 0 Å². The molecule has 0 saturated carbocycles. The molecule has 0 radical (unpaired) electrons. The molecule has 0 atom stereocenters. The van der Waals surface area contributed by atoms with Gasteiger partial charge < -0.3 is 10.2 Å². The van der Waals surface area contributed by atoms with E-state index in [1.807, 2.05) is 0 Å². The third-order valence-corrected chi connectivity index (χ3v) is 1.03. The van der Waals surface area contributed by atoms with Gasteiger partial charge in [-0.1, -0.05) is 0 Å². The van der Waals surface area contributed by atoms with Gasteiger partial charge in [0.05, 0.1) is 0 Å². The molecule has 0 aliphatic heterocycles. The van der Waals surface area contributed by atoms with Gasteiger partial charge >= 0.3 is 11.9 Å². The molecule has 2 N–H and O–H groups in total. The van der Waals surface area contributed by atoms with Gasteiger partial charge in [0.25, 0.3) is 0 Å². The molecular formula is C8H12O5. The van der Waals surface area contributed by atoms with Crippen molar-refractivity contribution in [1.29, 1.82) is 0 Å². The third kappa shape index (κ3) is 25.2. The Morgan fingerprint density at radius 1 is 1.08 bits per heavy atom. The Morgan fingerprint density at radius 2 is 1.31 bits per heavy atom. The molecule has 0 aliphatic rings. The average molecular weight is 188 g/mol. The quantitative estimate of drug-likeness (QED) is 0.490. The van der Waals surface area contributed by atoms with E-state index in [4.69, 9.17) is 15.0 Å². The molecule has 0 aromatic heterocycles. The summed E-state index contributed by atoms with van der Waals surface area (Å²) in [6, 6.07) is 0. The maximum atomic E-state index is 9.90. The predicted octanol–water partition coefficient (Wildman–Crippen LogP) is 0.720. The number of hydrogen-bond donors (Lipinski definition) is 2. The van der Waals surface area contributed by atoms with Crippen LogP contribution in [0.15, 0.2) is 6.58 Å². The largest absolute Gasteiger partial charge is 0.481 e. The van der Waals surface area contributed by atoms with Crippen molar-refractivity contribution in [3.05, 3.63) is 6.58 Å². The minimum absolute atomic E-state index is 0.0628. The molecule has 0 aliphatic carbocycles. The van der Waals surface area contributed by atoms with Crippen LogP contribution in [0, 0.1) is 0 Å². The van der Waals surface area contributed by atoms with Gasteiger partial charge in [-0.15, -0.1) is 0 Å². The van der Waals surface area contributed by atoms with Crippen LogP contribution in [0.1, 0.15) is 25.7 Å². The lowest BCUT2D eigenvalue weighted by atomic mass is 10.2. The summed E-state index contributed by atoms with van der Waals surface area (Å²) in [4.78, 5) is 28.4. The first kappa shape index (κ1) is 13.9. The first-order chi connectivity index (χ1) is 6.04. The Labute approximate surface area is 75.7 Å². The van der Waals surface area contributed by atoms with Crippen LogP contribution in [-0.2, 0) is 14.4 Å². The predicted molar refractivity (Wildman–Crippen MR) is 45.1 cm³/mol. The lowest BCUT2D eigenvalue weighted by Crippen LogP contribution is -1.97. The SMILES string of the molecule is C=C=O.O=C(O)CCCCC(=O)O. The molecule has 0 rings (SSSR count). The molecular weight excluding hydrogens is 176 g/mol. The molecule has 0 saturated heterocycles. The second-order valence-electron chi connectivity index (χ2n) is 2.14. The monoisotopic (exact) mass is 188 g/mol. The fraction of sp³-hybridized carbons (Fsp3) is 0.500. The van der Waals surface area contributed by atoms with E-state index >= 15 is 0 Å². The van der Waals surface area contributed by atoms with Crippen LogP contribution in [0.3, 0.4) is 0 Å². The Balaban J connectivity index is 0. The van der Waals surface area contributed by atoms with Crippen LogP contribution in [0.2, 0.25) is 0 Å². The fourth-order valence-electron chi connectivity index (χ4n) is 0.552. The molecule has 74 valence electrons. The minimum atomic E-state index is -0.870. The number of carbonyl (C=O) groups excluding carboxylic acids is 1. The summed E-state index contributed by atoms with van der Waals surface area (Å²) in [5.74, 6) is -0.490. The van der Waals surface area contributed by atoms with Crippen LogP contribution in [0.5, 0.6) is 0 Å². The molecule has 0 heterocycles. The van der Waals surface area contributed by atoms with Gasteiger partial charge in [-0.05, 0) is 19.4 Å². The van der Waals surface area contributed by atoms with Gasteiger partial charge in [0, 0.05) is 12.8 Å². The Morgan fingerprint density at radius 3 is 1.46 bits per heavy atom. The summed E-state index contributed by atoms with van der Waals surface area (Å²) in [6.07, 6.45) is 1.02. The molecule has 0 bridgehead atoms. The summed E-state index contributed by atoms with van der Waals surface area (Å²) in [6.45, 7) is 2.68. The molecule has 0 unspecified atom stereocenters. The second-order valence-corrected chi connectivity index (χ2v) is 2.14. The van der Waals surface area contributed by atoms with E-state index in [1.54, 1.807) is 0 Å². The topological polar surface area (TPSA) is 91.7 Å². The van der Waals surface area contributed by atoms with E-state index in [1.165, 1.54) is 5.94 Å². The summed E-state index contributed by atoms with van der Waals surface area (Å²) in [7, 11) is 0. The van der Waals surface area contributed by atoms with E-state index < -0.39 is 11.9 Å². The molecule has 0 spiro atoms. The van der Waals surface area contributed by atoms with Gasteiger partial charge in [0.1, 0.15) is 5.94 Å². The summed E-state index contributed by atoms with van der Waals surface area (Å²) in [5, 5.41) is 16.3. The summed E-state index contributed by atoms with van der Waals surface area (Å²) < 4.78 is 0. The van der Waals surface area contributed by atoms with Crippen molar-refractivity contribution in [1.82, 2.24) is 0 Å². The van der Waals surface area contributed by atoms with Crippen molar-refractivity contribution >= 4 is 17.9 Å². The minimum Gasteiger partial charge on any atom is -0.481 e. The highest BCUT2D eigenvalue weighted by atomic mass is 16.4. The Hall–Kier alpha value is -1.61. The maximum Gasteiger partial charge on any atom is 0.303 e. The average Bonchev–Trinajstić information content (AvgIpc) is 1.99. The maximum absolute atomic E-state index is 9.90. The fourth-order valence-corrected chi connectivity index (χ4v) is 0.552. The van der Waals surface area contributed by atoms with Crippen molar-refractivity contribution < 1.29 is 24.6 Å². The van der Waals surface area contributed by atoms with Crippen molar-refractivity contribution in [3.8, 4) is 0 Å². The molecule has 5 nitrogen and oxygen atoms in total. The molecule has 5 heteroatoms. The van der Waals surface area contributed by atoms with E-state index in [0.717, 1.165) is 0 Å². The van der Waals surface area contributed by atoms with Crippen LogP contribution < -0.4 is 0 Å². The molecule has 0 aromatic carbocycles. The van der Waals surface area contributed by atoms with E-state index in [2.05, 4.69) is 6.58 Å². The van der Waals surface area contributed by atoms with Crippen LogP contribution in [-0.4, -0.2) is 28.1 Å².